The van der Waals surface area contributed by atoms with Gasteiger partial charge in [-0.05, 0) is 91.7 Å². The van der Waals surface area contributed by atoms with Crippen LogP contribution in [0.4, 0.5) is 0 Å². The maximum Gasteiger partial charge on any atom is 0.308 e. The maximum atomic E-state index is 13.7. The Morgan fingerprint density at radius 1 is 0.962 bits per heavy atom. The molecule has 0 aromatic heterocycles. The molecule has 0 bridgehead atoms. The SMILES string of the molecule is CCC1OC(=O)CC(O)C(C)C(O[C@@H]2O[C@H](C)[C@@H](O)[C@H](N(C)C)[C@H]2O)C(CCN2CCCCC2)CC(C)C(=O)/C=C\C(C)=C\C1CN(CCO)CCO. The zero-order valence-corrected chi connectivity index (χ0v) is 33.4. The van der Waals surface area contributed by atoms with E-state index in [0.29, 0.717) is 38.9 Å². The molecule has 3 aliphatic rings. The van der Waals surface area contributed by atoms with Gasteiger partial charge in [0.2, 0.25) is 0 Å². The number of carbonyl (C=O) groups excluding carboxylic acids is 2. The third-order valence-corrected chi connectivity index (χ3v) is 11.5. The van der Waals surface area contributed by atoms with Crippen LogP contribution >= 0.6 is 0 Å². The Kier molecular flexibility index (Phi) is 19.5. The fourth-order valence-electron chi connectivity index (χ4n) is 8.26. The van der Waals surface area contributed by atoms with Gasteiger partial charge in [0.15, 0.2) is 12.1 Å². The molecule has 2 saturated heterocycles. The first kappa shape index (κ1) is 45.6. The first-order valence-electron chi connectivity index (χ1n) is 20.0. The molecule has 0 aromatic rings. The van der Waals surface area contributed by atoms with E-state index in [4.69, 9.17) is 14.2 Å². The normalized spacial score (nSPS) is 37.7. The van der Waals surface area contributed by atoms with Crippen LogP contribution in [0.1, 0.15) is 79.6 Å². The molecule has 5 N–H and O–H groups in total. The van der Waals surface area contributed by atoms with Crippen molar-refractivity contribution in [1.29, 1.82) is 0 Å². The molecule has 0 spiro atoms. The summed E-state index contributed by atoms with van der Waals surface area (Å²) in [5.74, 6) is -2.19. The molecular formula is C40H71N3O10. The highest BCUT2D eigenvalue weighted by atomic mass is 16.7. The number of aliphatic hydroxyl groups excluding tert-OH is 5. The first-order chi connectivity index (χ1) is 25.2. The molecule has 53 heavy (non-hydrogen) atoms. The Morgan fingerprint density at radius 3 is 2.23 bits per heavy atom. The van der Waals surface area contributed by atoms with Crippen molar-refractivity contribution in [2.24, 2.45) is 23.7 Å². The van der Waals surface area contributed by atoms with E-state index in [1.54, 1.807) is 38.1 Å². The summed E-state index contributed by atoms with van der Waals surface area (Å²) >= 11 is 0. The minimum atomic E-state index is -1.20. The van der Waals surface area contributed by atoms with Crippen molar-refractivity contribution in [3.05, 3.63) is 23.8 Å². The molecular weight excluding hydrogens is 682 g/mol. The van der Waals surface area contributed by atoms with Crippen LogP contribution in [0.3, 0.4) is 0 Å². The molecule has 13 nitrogen and oxygen atoms in total. The van der Waals surface area contributed by atoms with E-state index in [-0.39, 0.29) is 37.3 Å². The summed E-state index contributed by atoms with van der Waals surface area (Å²) in [6.07, 6.45) is 3.73. The first-order valence-corrected chi connectivity index (χ1v) is 20.0. The molecule has 2 fully saturated rings. The van der Waals surface area contributed by atoms with E-state index in [2.05, 4.69) is 4.90 Å². The Bertz CT molecular complexity index is 1160. The van der Waals surface area contributed by atoms with Crippen LogP contribution in [0.15, 0.2) is 23.8 Å². The summed E-state index contributed by atoms with van der Waals surface area (Å²) in [6.45, 7) is 12.9. The molecule has 13 heteroatoms. The summed E-state index contributed by atoms with van der Waals surface area (Å²) in [4.78, 5) is 33.4. The number of allylic oxidation sites excluding steroid dienone is 3. The van der Waals surface area contributed by atoms with Crippen LogP contribution in [-0.2, 0) is 23.8 Å². The second kappa shape index (κ2) is 22.7. The van der Waals surface area contributed by atoms with E-state index >= 15 is 0 Å². The number of likely N-dealkylation sites (N-methyl/N-ethyl adjacent to an activating group) is 1. The van der Waals surface area contributed by atoms with Crippen LogP contribution in [0.2, 0.25) is 0 Å². The number of hydrogen-bond donors (Lipinski definition) is 5. The topological polar surface area (TPSA) is 173 Å². The average Bonchev–Trinajstić information content (AvgIpc) is 3.11. The molecule has 3 aliphatic heterocycles. The number of aliphatic hydroxyl groups is 5. The number of ether oxygens (including phenoxy) is 3. The van der Waals surface area contributed by atoms with Crippen LogP contribution in [0.25, 0.3) is 0 Å². The predicted molar refractivity (Wildman–Crippen MR) is 203 cm³/mol. The average molecular weight is 754 g/mol. The number of likely N-dealkylation sites (tertiary alicyclic amines) is 1. The van der Waals surface area contributed by atoms with E-state index < -0.39 is 66.8 Å². The van der Waals surface area contributed by atoms with Gasteiger partial charge in [0.05, 0.1) is 50.1 Å². The van der Waals surface area contributed by atoms with Gasteiger partial charge in [-0.25, -0.2) is 0 Å². The number of piperidine rings is 1. The largest absolute Gasteiger partial charge is 0.462 e. The summed E-state index contributed by atoms with van der Waals surface area (Å²) in [5, 5.41) is 53.5. The molecule has 7 unspecified atom stereocenters. The van der Waals surface area contributed by atoms with Crippen molar-refractivity contribution < 1.29 is 49.3 Å². The molecule has 0 amide bonds. The molecule has 0 saturated carbocycles. The highest BCUT2D eigenvalue weighted by Gasteiger charge is 2.47. The third kappa shape index (κ3) is 13.7. The van der Waals surface area contributed by atoms with Gasteiger partial charge in [0.1, 0.15) is 12.2 Å². The summed E-state index contributed by atoms with van der Waals surface area (Å²) in [5.41, 5.74) is 0.816. The smallest absolute Gasteiger partial charge is 0.308 e. The number of nitrogens with zero attached hydrogens (tertiary/aromatic N) is 3. The van der Waals surface area contributed by atoms with Gasteiger partial charge in [-0.2, -0.15) is 0 Å². The summed E-state index contributed by atoms with van der Waals surface area (Å²) in [7, 11) is 3.56. The lowest BCUT2D eigenvalue weighted by Crippen LogP contribution is -2.63. The Labute approximate surface area is 317 Å². The van der Waals surface area contributed by atoms with Crippen molar-refractivity contribution in [3.8, 4) is 0 Å². The molecule has 306 valence electrons. The van der Waals surface area contributed by atoms with Crippen LogP contribution in [-0.4, -0.2) is 168 Å². The highest BCUT2D eigenvalue weighted by Crippen LogP contribution is 2.35. The molecule has 0 radical (unpaired) electrons. The maximum absolute atomic E-state index is 13.7. The summed E-state index contributed by atoms with van der Waals surface area (Å²) in [6, 6.07) is -0.663. The van der Waals surface area contributed by atoms with E-state index in [9.17, 15) is 35.1 Å². The van der Waals surface area contributed by atoms with Gasteiger partial charge in [-0.3, -0.25) is 14.5 Å². The highest BCUT2D eigenvalue weighted by molar-refractivity contribution is 5.91. The van der Waals surface area contributed by atoms with Crippen molar-refractivity contribution in [1.82, 2.24) is 14.7 Å². The minimum Gasteiger partial charge on any atom is -0.462 e. The number of carbonyl (C=O) groups is 2. The molecule has 12 atom stereocenters. The Balaban J connectivity index is 2.04. The number of hydrogen-bond acceptors (Lipinski definition) is 13. The van der Waals surface area contributed by atoms with Gasteiger partial charge in [-0.1, -0.05) is 44.9 Å². The fraction of sp³-hybridized carbons (Fsp3) is 0.850. The van der Waals surface area contributed by atoms with Crippen LogP contribution < -0.4 is 0 Å². The van der Waals surface area contributed by atoms with E-state index in [1.807, 2.05) is 38.7 Å². The van der Waals surface area contributed by atoms with Crippen molar-refractivity contribution in [2.45, 2.75) is 129 Å². The standard InChI is InChI=1S/C40H71N3O10/c1-8-34-31(25-43(18-20-44)19-21-45)22-26(2)12-13-32(46)27(3)23-30(14-17-42-15-10-9-11-16-42)39(28(4)33(47)24-35(48)52-34)53-40-38(50)36(41(6)7)37(49)29(5)51-40/h12-13,22,27-31,33-34,36-40,44-45,47,49-50H,8-11,14-21,23-25H2,1-7H3/b13-12-,26-22+/t27?,28?,29-,30?,31?,33?,34?,36+,37-,38-,39?,40+/m1/s1. The van der Waals surface area contributed by atoms with Gasteiger partial charge in [-0.15, -0.1) is 0 Å². The molecule has 0 aromatic carbocycles. The number of rotatable bonds is 13. The molecule has 3 heterocycles. The van der Waals surface area contributed by atoms with Gasteiger partial charge >= 0.3 is 5.97 Å². The lowest BCUT2D eigenvalue weighted by Gasteiger charge is -2.47. The lowest BCUT2D eigenvalue weighted by molar-refractivity contribution is -0.304. The van der Waals surface area contributed by atoms with Crippen molar-refractivity contribution in [2.75, 3.05) is 66.6 Å². The number of cyclic esters (lactones) is 1. The zero-order valence-electron chi connectivity index (χ0n) is 33.4. The van der Waals surface area contributed by atoms with Crippen LogP contribution in [0, 0.1) is 23.7 Å². The van der Waals surface area contributed by atoms with Gasteiger partial charge < -0.3 is 49.5 Å². The Hall–Kier alpha value is -1.78. The van der Waals surface area contributed by atoms with Crippen molar-refractivity contribution >= 4 is 11.8 Å². The minimum absolute atomic E-state index is 0.0460. The van der Waals surface area contributed by atoms with Gasteiger partial charge in [0.25, 0.3) is 0 Å². The third-order valence-electron chi connectivity index (χ3n) is 11.5. The quantitative estimate of drug-likeness (QED) is 0.173. The van der Waals surface area contributed by atoms with Crippen LogP contribution in [0.5, 0.6) is 0 Å². The van der Waals surface area contributed by atoms with E-state index in [0.717, 1.165) is 38.0 Å². The van der Waals surface area contributed by atoms with E-state index in [1.165, 1.54) is 6.42 Å². The van der Waals surface area contributed by atoms with Crippen molar-refractivity contribution in [3.63, 3.8) is 0 Å². The Morgan fingerprint density at radius 2 is 1.62 bits per heavy atom. The molecule has 3 rings (SSSR count). The second-order valence-electron chi connectivity index (χ2n) is 16.0. The monoisotopic (exact) mass is 754 g/mol. The number of ketones is 1. The number of esters is 1. The van der Waals surface area contributed by atoms with Gasteiger partial charge in [0, 0.05) is 37.4 Å². The fourth-order valence-corrected chi connectivity index (χ4v) is 8.26. The second-order valence-corrected chi connectivity index (χ2v) is 16.0. The zero-order chi connectivity index (χ0) is 39.2. The summed E-state index contributed by atoms with van der Waals surface area (Å²) < 4.78 is 18.9. The molecule has 0 aliphatic carbocycles. The predicted octanol–water partition coefficient (Wildman–Crippen LogP) is 1.98. The lowest BCUT2D eigenvalue weighted by atomic mass is 9.79.